The summed E-state index contributed by atoms with van der Waals surface area (Å²) in [6.45, 7) is -0.168. The van der Waals surface area contributed by atoms with Gasteiger partial charge in [-0.15, -0.1) is 0 Å². The lowest BCUT2D eigenvalue weighted by Crippen LogP contribution is -2.24. The first-order chi connectivity index (χ1) is 14.2. The number of carbonyl (C=O) groups is 2. The molecule has 5 nitrogen and oxygen atoms in total. The number of allylic oxidation sites excluding steroid dienone is 3. The highest BCUT2D eigenvalue weighted by Crippen LogP contribution is 2.32. The first kappa shape index (κ1) is 24.0. The van der Waals surface area contributed by atoms with Gasteiger partial charge >= 0.3 is 12.1 Å². The molecule has 0 spiro atoms. The smallest absolute Gasteiger partial charge is 0.416 e. The molecule has 0 aliphatic heterocycles. The molecular formula is C21H23F3O5S. The summed E-state index contributed by atoms with van der Waals surface area (Å²) in [4.78, 5) is 22.5. The highest BCUT2D eigenvalue weighted by Gasteiger charge is 2.31. The Morgan fingerprint density at radius 1 is 1.30 bits per heavy atom. The molecule has 0 amide bonds. The van der Waals surface area contributed by atoms with Crippen LogP contribution in [0.1, 0.15) is 24.8 Å². The van der Waals surface area contributed by atoms with Crippen LogP contribution in [0, 0.1) is 5.92 Å². The van der Waals surface area contributed by atoms with Gasteiger partial charge in [-0.2, -0.15) is 24.9 Å². The third-order valence-corrected chi connectivity index (χ3v) is 5.83. The van der Waals surface area contributed by atoms with Crippen LogP contribution in [0.15, 0.2) is 48.6 Å². The Balaban J connectivity index is 1.77. The number of ether oxygens (including phenoxy) is 1. The molecule has 0 aromatic heterocycles. The topological polar surface area (TPSA) is 83.8 Å². The molecular weight excluding hydrogens is 421 g/mol. The second-order valence-electron chi connectivity index (χ2n) is 6.80. The highest BCUT2D eigenvalue weighted by atomic mass is 32.2. The van der Waals surface area contributed by atoms with Crippen molar-refractivity contribution < 1.29 is 37.7 Å². The van der Waals surface area contributed by atoms with E-state index in [-0.39, 0.29) is 41.5 Å². The van der Waals surface area contributed by atoms with Gasteiger partial charge in [0.1, 0.15) is 12.4 Å². The number of aliphatic hydroxyl groups excluding tert-OH is 1. The van der Waals surface area contributed by atoms with Gasteiger partial charge in [-0.1, -0.05) is 24.3 Å². The minimum Gasteiger partial charge on any atom is -0.491 e. The zero-order valence-electron chi connectivity index (χ0n) is 16.0. The van der Waals surface area contributed by atoms with Crippen molar-refractivity contribution in [1.82, 2.24) is 0 Å². The largest absolute Gasteiger partial charge is 0.491 e. The highest BCUT2D eigenvalue weighted by molar-refractivity contribution is 8.00. The summed E-state index contributed by atoms with van der Waals surface area (Å²) in [5.41, 5.74) is -0.822. The van der Waals surface area contributed by atoms with E-state index in [1.165, 1.54) is 30.0 Å². The maximum Gasteiger partial charge on any atom is 0.416 e. The van der Waals surface area contributed by atoms with Crippen molar-refractivity contribution in [2.75, 3.05) is 12.4 Å². The van der Waals surface area contributed by atoms with Crippen LogP contribution in [0.3, 0.4) is 0 Å². The van der Waals surface area contributed by atoms with E-state index in [2.05, 4.69) is 0 Å². The molecule has 1 aliphatic rings. The number of hydrogen-bond donors (Lipinski definition) is 2. The number of benzene rings is 1. The number of thioether (sulfide) groups is 1. The second-order valence-corrected chi connectivity index (χ2v) is 8.01. The third kappa shape index (κ3) is 7.87. The predicted octanol–water partition coefficient (Wildman–Crippen LogP) is 4.11. The Labute approximate surface area is 176 Å². The van der Waals surface area contributed by atoms with Gasteiger partial charge in [-0.05, 0) is 37.1 Å². The molecule has 9 heteroatoms. The molecule has 0 heterocycles. The first-order valence-electron chi connectivity index (χ1n) is 9.35. The van der Waals surface area contributed by atoms with Gasteiger partial charge in [0, 0.05) is 23.3 Å². The minimum absolute atomic E-state index is 0.0224. The average molecular weight is 444 g/mol. The monoisotopic (exact) mass is 444 g/mol. The van der Waals surface area contributed by atoms with Crippen molar-refractivity contribution in [3.8, 4) is 5.75 Å². The first-order valence-corrected chi connectivity index (χ1v) is 10.4. The van der Waals surface area contributed by atoms with Crippen molar-refractivity contribution in [2.45, 2.75) is 36.8 Å². The molecule has 164 valence electrons. The number of alkyl halides is 3. The standard InChI is InChI=1S/C21H23F3O5S/c22-21(23,24)14-5-4-6-16(11-14)29-12-15(25)13-30-19-10-9-18(26)17(19)7-2-1-3-8-20(27)28/h1-2,4-6,9-11,15,17,19,25H,3,7-8,12-13H2,(H,27,28). The van der Waals surface area contributed by atoms with Gasteiger partial charge < -0.3 is 14.9 Å². The number of halogens is 3. The van der Waals surface area contributed by atoms with Crippen LogP contribution in [-0.2, 0) is 15.8 Å². The van der Waals surface area contributed by atoms with Crippen LogP contribution in [0.4, 0.5) is 13.2 Å². The van der Waals surface area contributed by atoms with E-state index in [1.54, 1.807) is 18.2 Å². The minimum atomic E-state index is -4.47. The van der Waals surface area contributed by atoms with Gasteiger partial charge in [0.2, 0.25) is 0 Å². The SMILES string of the molecule is O=C(O)CCC=CCC1C(=O)C=CC1SCC(O)COc1cccc(C(F)(F)F)c1. The van der Waals surface area contributed by atoms with Crippen molar-refractivity contribution in [3.05, 3.63) is 54.1 Å². The maximum atomic E-state index is 12.7. The quantitative estimate of drug-likeness (QED) is 0.500. The summed E-state index contributed by atoms with van der Waals surface area (Å²) >= 11 is 1.37. The van der Waals surface area contributed by atoms with Crippen LogP contribution < -0.4 is 4.74 Å². The lowest BCUT2D eigenvalue weighted by Gasteiger charge is -2.19. The molecule has 0 saturated heterocycles. The zero-order chi connectivity index (χ0) is 22.1. The van der Waals surface area contributed by atoms with E-state index in [0.717, 1.165) is 12.1 Å². The van der Waals surface area contributed by atoms with Crippen LogP contribution in [0.5, 0.6) is 5.75 Å². The van der Waals surface area contributed by atoms with Crippen molar-refractivity contribution >= 4 is 23.5 Å². The Kier molecular flexibility index (Phi) is 8.98. The molecule has 3 unspecified atom stereocenters. The zero-order valence-corrected chi connectivity index (χ0v) is 16.9. The van der Waals surface area contributed by atoms with Gasteiger partial charge in [0.25, 0.3) is 0 Å². The van der Waals surface area contributed by atoms with Gasteiger partial charge in [0.15, 0.2) is 5.78 Å². The fourth-order valence-electron chi connectivity index (χ4n) is 2.82. The number of rotatable bonds is 11. The van der Waals surface area contributed by atoms with E-state index in [4.69, 9.17) is 9.84 Å². The fraction of sp³-hybridized carbons (Fsp3) is 0.429. The number of carboxylic acid groups (broad SMARTS) is 1. The molecule has 2 N–H and O–H groups in total. The number of aliphatic carboxylic acids is 1. The van der Waals surface area contributed by atoms with Gasteiger partial charge in [-0.25, -0.2) is 0 Å². The van der Waals surface area contributed by atoms with Crippen LogP contribution in [0.2, 0.25) is 0 Å². The van der Waals surface area contributed by atoms with E-state index >= 15 is 0 Å². The number of ketones is 1. The molecule has 30 heavy (non-hydrogen) atoms. The number of carbonyl (C=O) groups excluding carboxylic acids is 1. The molecule has 1 aromatic carbocycles. The van der Waals surface area contributed by atoms with Gasteiger partial charge in [0.05, 0.1) is 11.7 Å². The van der Waals surface area contributed by atoms with E-state index in [1.807, 2.05) is 0 Å². The number of hydrogen-bond acceptors (Lipinski definition) is 5. The second kappa shape index (κ2) is 11.2. The fourth-order valence-corrected chi connectivity index (χ4v) is 4.03. The molecule has 2 rings (SSSR count). The molecule has 1 aliphatic carbocycles. The van der Waals surface area contributed by atoms with Crippen LogP contribution in [-0.4, -0.2) is 45.7 Å². The third-order valence-electron chi connectivity index (χ3n) is 4.38. The maximum absolute atomic E-state index is 12.7. The summed E-state index contributed by atoms with van der Waals surface area (Å²) in [6.07, 6.45) is 2.31. The Morgan fingerprint density at radius 2 is 2.07 bits per heavy atom. The van der Waals surface area contributed by atoms with Crippen molar-refractivity contribution in [3.63, 3.8) is 0 Å². The molecule has 0 fully saturated rings. The normalized spacial score (nSPS) is 20.1. The lowest BCUT2D eigenvalue weighted by molar-refractivity contribution is -0.138. The van der Waals surface area contributed by atoms with Crippen molar-refractivity contribution in [2.24, 2.45) is 5.92 Å². The Bertz CT molecular complexity index is 791. The summed E-state index contributed by atoms with van der Waals surface area (Å²) < 4.78 is 43.4. The van der Waals surface area contributed by atoms with E-state index < -0.39 is 23.8 Å². The van der Waals surface area contributed by atoms with E-state index in [9.17, 15) is 27.9 Å². The summed E-state index contributed by atoms with van der Waals surface area (Å²) in [5, 5.41) is 18.6. The summed E-state index contributed by atoms with van der Waals surface area (Å²) in [5.74, 6) is -0.916. The number of carboxylic acids is 1. The van der Waals surface area contributed by atoms with Crippen LogP contribution >= 0.6 is 11.8 Å². The van der Waals surface area contributed by atoms with Crippen LogP contribution in [0.25, 0.3) is 0 Å². The Morgan fingerprint density at radius 3 is 2.77 bits per heavy atom. The Hall–Kier alpha value is -2.26. The summed E-state index contributed by atoms with van der Waals surface area (Å²) in [6, 6.07) is 4.45. The average Bonchev–Trinajstić information content (AvgIpc) is 3.03. The molecule has 0 bridgehead atoms. The summed E-state index contributed by atoms with van der Waals surface area (Å²) in [7, 11) is 0. The van der Waals surface area contributed by atoms with Crippen molar-refractivity contribution in [1.29, 1.82) is 0 Å². The predicted molar refractivity (Wildman–Crippen MR) is 107 cm³/mol. The molecule has 0 saturated carbocycles. The molecule has 1 aromatic rings. The van der Waals surface area contributed by atoms with E-state index in [0.29, 0.717) is 12.8 Å². The molecule has 3 atom stereocenters. The van der Waals surface area contributed by atoms with Gasteiger partial charge in [-0.3, -0.25) is 9.59 Å². The molecule has 0 radical (unpaired) electrons. The number of aliphatic hydroxyl groups is 1. The lowest BCUT2D eigenvalue weighted by atomic mass is 10.0.